The van der Waals surface area contributed by atoms with E-state index in [9.17, 15) is 4.79 Å². The van der Waals surface area contributed by atoms with Crippen LogP contribution in [-0.2, 0) is 0 Å². The van der Waals surface area contributed by atoms with Gasteiger partial charge in [0.1, 0.15) is 0 Å². The van der Waals surface area contributed by atoms with Crippen molar-refractivity contribution in [3.8, 4) is 0 Å². The lowest BCUT2D eigenvalue weighted by atomic mass is 10.1. The predicted molar refractivity (Wildman–Crippen MR) is 69.9 cm³/mol. The van der Waals surface area contributed by atoms with Crippen molar-refractivity contribution in [1.82, 2.24) is 4.98 Å². The summed E-state index contributed by atoms with van der Waals surface area (Å²) in [7, 11) is 0. The quantitative estimate of drug-likeness (QED) is 0.832. The van der Waals surface area contributed by atoms with Gasteiger partial charge in [-0.05, 0) is 24.6 Å². The van der Waals surface area contributed by atoms with Crippen LogP contribution in [0.4, 0.5) is 0 Å². The molecule has 0 spiro atoms. The largest absolute Gasteiger partial charge is 0.360 e. The number of aromatic amines is 1. The molecule has 1 heterocycles. The molecule has 84 valence electrons. The molecule has 0 aliphatic carbocycles. The highest BCUT2D eigenvalue weighted by molar-refractivity contribution is 9.10. The van der Waals surface area contributed by atoms with Crippen molar-refractivity contribution < 1.29 is 4.79 Å². The maximum atomic E-state index is 12.0. The Balaban J connectivity index is 2.37. The molecule has 3 heteroatoms. The Kier molecular flexibility index (Phi) is 3.44. The topological polar surface area (TPSA) is 32.9 Å². The van der Waals surface area contributed by atoms with Gasteiger partial charge < -0.3 is 4.98 Å². The first-order valence-corrected chi connectivity index (χ1v) is 6.31. The highest BCUT2D eigenvalue weighted by atomic mass is 79.9. The molecule has 0 saturated carbocycles. The molecular weight excluding hydrogens is 266 g/mol. The highest BCUT2D eigenvalue weighted by Gasteiger charge is 2.11. The fourth-order valence-corrected chi connectivity index (χ4v) is 2.16. The van der Waals surface area contributed by atoms with Crippen LogP contribution in [0.1, 0.15) is 36.5 Å². The lowest BCUT2D eigenvalue weighted by molar-refractivity contribution is 0.0981. The first-order chi connectivity index (χ1) is 7.72. The minimum Gasteiger partial charge on any atom is -0.360 e. The summed E-state index contributed by atoms with van der Waals surface area (Å²) in [6, 6.07) is 5.94. The predicted octanol–water partition coefficient (Wildman–Crippen LogP) is 4.30. The second-order valence-electron chi connectivity index (χ2n) is 3.92. The highest BCUT2D eigenvalue weighted by Crippen LogP contribution is 2.24. The standard InChI is InChI=1S/C13H14BrNO/c1-2-3-4-13(16)11-8-15-12-6-5-9(14)7-10(11)12/h5-8,15H,2-4H2,1H3. The van der Waals surface area contributed by atoms with Crippen LogP contribution in [0.3, 0.4) is 0 Å². The van der Waals surface area contributed by atoms with Gasteiger partial charge in [-0.1, -0.05) is 29.3 Å². The Hall–Kier alpha value is -1.09. The molecule has 0 unspecified atom stereocenters. The molecule has 0 amide bonds. The van der Waals surface area contributed by atoms with Crippen LogP contribution in [0.15, 0.2) is 28.9 Å². The molecule has 0 aliphatic rings. The summed E-state index contributed by atoms with van der Waals surface area (Å²) in [6.45, 7) is 2.10. The summed E-state index contributed by atoms with van der Waals surface area (Å²) in [5.74, 6) is 0.228. The van der Waals surface area contributed by atoms with Gasteiger partial charge in [0.05, 0.1) is 0 Å². The van der Waals surface area contributed by atoms with Crippen LogP contribution in [0.2, 0.25) is 0 Å². The van der Waals surface area contributed by atoms with Crippen molar-refractivity contribution in [1.29, 1.82) is 0 Å². The van der Waals surface area contributed by atoms with Gasteiger partial charge >= 0.3 is 0 Å². The van der Waals surface area contributed by atoms with Gasteiger partial charge in [-0.25, -0.2) is 0 Å². The number of fused-ring (bicyclic) bond motifs is 1. The van der Waals surface area contributed by atoms with Crippen molar-refractivity contribution in [3.05, 3.63) is 34.4 Å². The van der Waals surface area contributed by atoms with Crippen LogP contribution < -0.4 is 0 Å². The Morgan fingerprint density at radius 1 is 1.44 bits per heavy atom. The first kappa shape index (κ1) is 11.4. The molecule has 1 N–H and O–H groups in total. The molecule has 2 rings (SSSR count). The molecular formula is C13H14BrNO. The fourth-order valence-electron chi connectivity index (χ4n) is 1.80. The van der Waals surface area contributed by atoms with E-state index >= 15 is 0 Å². The van der Waals surface area contributed by atoms with E-state index in [0.717, 1.165) is 33.8 Å². The van der Waals surface area contributed by atoms with E-state index in [1.165, 1.54) is 0 Å². The van der Waals surface area contributed by atoms with Gasteiger partial charge in [0, 0.05) is 33.6 Å². The van der Waals surface area contributed by atoms with Crippen LogP contribution in [-0.4, -0.2) is 10.8 Å². The monoisotopic (exact) mass is 279 g/mol. The lowest BCUT2D eigenvalue weighted by Crippen LogP contribution is -1.97. The summed E-state index contributed by atoms with van der Waals surface area (Å²) in [4.78, 5) is 15.1. The van der Waals surface area contributed by atoms with Gasteiger partial charge in [-0.15, -0.1) is 0 Å². The first-order valence-electron chi connectivity index (χ1n) is 5.52. The number of nitrogens with one attached hydrogen (secondary N) is 1. The maximum Gasteiger partial charge on any atom is 0.165 e. The minimum atomic E-state index is 0.228. The van der Waals surface area contributed by atoms with E-state index in [2.05, 4.69) is 27.8 Å². The zero-order chi connectivity index (χ0) is 11.5. The maximum absolute atomic E-state index is 12.0. The van der Waals surface area contributed by atoms with Crippen LogP contribution in [0.5, 0.6) is 0 Å². The van der Waals surface area contributed by atoms with Crippen molar-refractivity contribution in [2.24, 2.45) is 0 Å². The number of hydrogen-bond acceptors (Lipinski definition) is 1. The molecule has 0 bridgehead atoms. The van der Waals surface area contributed by atoms with E-state index in [1.807, 2.05) is 24.4 Å². The van der Waals surface area contributed by atoms with Gasteiger partial charge in [0.2, 0.25) is 0 Å². The van der Waals surface area contributed by atoms with E-state index in [1.54, 1.807) is 0 Å². The molecule has 0 atom stereocenters. The van der Waals surface area contributed by atoms with Crippen LogP contribution in [0.25, 0.3) is 10.9 Å². The number of carbonyl (C=O) groups is 1. The Bertz CT molecular complexity index is 516. The lowest BCUT2D eigenvalue weighted by Gasteiger charge is -1.98. The average molecular weight is 280 g/mol. The Morgan fingerprint density at radius 3 is 3.00 bits per heavy atom. The number of ketones is 1. The minimum absolute atomic E-state index is 0.228. The number of H-pyrrole nitrogens is 1. The van der Waals surface area contributed by atoms with Crippen LogP contribution >= 0.6 is 15.9 Å². The smallest absolute Gasteiger partial charge is 0.165 e. The molecule has 2 nitrogen and oxygen atoms in total. The molecule has 0 radical (unpaired) electrons. The summed E-state index contributed by atoms with van der Waals surface area (Å²) in [5.41, 5.74) is 1.83. The second kappa shape index (κ2) is 4.83. The number of carbonyl (C=O) groups excluding carboxylic acids is 1. The van der Waals surface area contributed by atoms with E-state index in [4.69, 9.17) is 0 Å². The van der Waals surface area contributed by atoms with Crippen molar-refractivity contribution in [3.63, 3.8) is 0 Å². The summed E-state index contributed by atoms with van der Waals surface area (Å²) in [5, 5.41) is 1.01. The molecule has 0 saturated heterocycles. The normalized spacial score (nSPS) is 10.9. The summed E-state index contributed by atoms with van der Waals surface area (Å²) < 4.78 is 1.00. The van der Waals surface area contributed by atoms with Gasteiger partial charge in [-0.3, -0.25) is 4.79 Å². The zero-order valence-corrected chi connectivity index (χ0v) is 10.8. The SMILES string of the molecule is CCCCC(=O)c1c[nH]c2ccc(Br)cc12. The molecule has 16 heavy (non-hydrogen) atoms. The number of aromatic nitrogens is 1. The zero-order valence-electron chi connectivity index (χ0n) is 9.22. The Labute approximate surface area is 103 Å². The van der Waals surface area contributed by atoms with Gasteiger partial charge in [0.15, 0.2) is 5.78 Å². The van der Waals surface area contributed by atoms with E-state index in [-0.39, 0.29) is 5.78 Å². The third-order valence-electron chi connectivity index (χ3n) is 2.70. The van der Waals surface area contributed by atoms with Crippen LogP contribution in [0, 0.1) is 0 Å². The fraction of sp³-hybridized carbons (Fsp3) is 0.308. The average Bonchev–Trinajstić information content (AvgIpc) is 2.68. The molecule has 0 fully saturated rings. The van der Waals surface area contributed by atoms with Crippen molar-refractivity contribution in [2.45, 2.75) is 26.2 Å². The van der Waals surface area contributed by atoms with Crippen molar-refractivity contribution in [2.75, 3.05) is 0 Å². The van der Waals surface area contributed by atoms with E-state index < -0.39 is 0 Å². The molecule has 2 aromatic rings. The van der Waals surface area contributed by atoms with Crippen molar-refractivity contribution >= 4 is 32.6 Å². The molecule has 1 aromatic carbocycles. The number of halogens is 1. The van der Waals surface area contributed by atoms with Gasteiger partial charge in [-0.2, -0.15) is 0 Å². The number of unbranched alkanes of at least 4 members (excludes halogenated alkanes) is 1. The number of hydrogen-bond donors (Lipinski definition) is 1. The molecule has 1 aromatic heterocycles. The Morgan fingerprint density at radius 2 is 2.25 bits per heavy atom. The second-order valence-corrected chi connectivity index (χ2v) is 4.83. The molecule has 0 aliphatic heterocycles. The summed E-state index contributed by atoms with van der Waals surface area (Å²) >= 11 is 3.43. The summed E-state index contributed by atoms with van der Waals surface area (Å²) in [6.07, 6.45) is 4.46. The third-order valence-corrected chi connectivity index (χ3v) is 3.19. The third kappa shape index (κ3) is 2.19. The van der Waals surface area contributed by atoms with E-state index in [0.29, 0.717) is 6.42 Å². The number of Topliss-reactive ketones (excluding diaryl/α,β-unsaturated/α-hetero) is 1. The number of rotatable bonds is 4. The van der Waals surface area contributed by atoms with Gasteiger partial charge in [0.25, 0.3) is 0 Å². The number of benzene rings is 1.